The molecule has 0 saturated carbocycles. The Morgan fingerprint density at radius 3 is 2.33 bits per heavy atom. The molecule has 18 heavy (non-hydrogen) atoms. The fourth-order valence-electron chi connectivity index (χ4n) is 1.93. The highest BCUT2D eigenvalue weighted by atomic mass is 16.5. The molecule has 0 aliphatic carbocycles. The molecule has 1 aromatic carbocycles. The Kier molecular flexibility index (Phi) is 4.89. The van der Waals surface area contributed by atoms with Crippen molar-refractivity contribution in [3.63, 3.8) is 0 Å². The highest BCUT2D eigenvalue weighted by molar-refractivity contribution is 5.84. The summed E-state index contributed by atoms with van der Waals surface area (Å²) in [7, 11) is 2.62. The number of carbonyl (C=O) groups is 2. The number of benzene rings is 1. The average molecular weight is 250 g/mol. The Hall–Kier alpha value is -1.84. The molecule has 0 aliphatic heterocycles. The van der Waals surface area contributed by atoms with E-state index in [1.165, 1.54) is 14.2 Å². The summed E-state index contributed by atoms with van der Waals surface area (Å²) in [6.07, 6.45) is -0.00687. The molecule has 0 amide bonds. The molecular formula is C14H18O4. The number of hydrogen-bond donors (Lipinski definition) is 0. The lowest BCUT2D eigenvalue weighted by molar-refractivity contribution is -0.149. The summed E-state index contributed by atoms with van der Waals surface area (Å²) in [5, 5.41) is 0. The van der Waals surface area contributed by atoms with Crippen molar-refractivity contribution < 1.29 is 19.1 Å². The van der Waals surface area contributed by atoms with E-state index >= 15 is 0 Å². The quantitative estimate of drug-likeness (QED) is 0.768. The maximum Gasteiger partial charge on any atom is 0.313 e. The van der Waals surface area contributed by atoms with Gasteiger partial charge in [-0.25, -0.2) is 0 Å². The molecule has 1 atom stereocenters. The van der Waals surface area contributed by atoms with E-state index in [1.807, 2.05) is 32.0 Å². The van der Waals surface area contributed by atoms with Crippen LogP contribution >= 0.6 is 0 Å². The van der Waals surface area contributed by atoms with Crippen LogP contribution in [0, 0.1) is 13.8 Å². The maximum absolute atomic E-state index is 11.8. The fraction of sp³-hybridized carbons (Fsp3) is 0.429. The van der Waals surface area contributed by atoms with Crippen LogP contribution < -0.4 is 0 Å². The first kappa shape index (κ1) is 14.2. The Morgan fingerprint density at radius 2 is 1.83 bits per heavy atom. The van der Waals surface area contributed by atoms with Crippen LogP contribution in [-0.4, -0.2) is 26.2 Å². The molecule has 0 aliphatic rings. The van der Waals surface area contributed by atoms with Gasteiger partial charge in [-0.05, 0) is 25.0 Å². The summed E-state index contributed by atoms with van der Waals surface area (Å²) >= 11 is 0. The van der Waals surface area contributed by atoms with Gasteiger partial charge < -0.3 is 9.47 Å². The Bertz CT molecular complexity index is 451. The monoisotopic (exact) mass is 250 g/mol. The average Bonchev–Trinajstić information content (AvgIpc) is 2.35. The SMILES string of the molecule is COC(=O)CC(C(=O)OC)c1ccc(C)cc1C. The first-order chi connectivity index (χ1) is 8.49. The predicted octanol–water partition coefficient (Wildman–Crippen LogP) is 2.12. The molecule has 0 bridgehead atoms. The van der Waals surface area contributed by atoms with Gasteiger partial charge in [0.05, 0.1) is 26.6 Å². The number of hydrogen-bond acceptors (Lipinski definition) is 4. The second-order valence-electron chi connectivity index (χ2n) is 4.22. The highest BCUT2D eigenvalue weighted by Crippen LogP contribution is 2.25. The van der Waals surface area contributed by atoms with Crippen LogP contribution in [0.1, 0.15) is 29.0 Å². The van der Waals surface area contributed by atoms with E-state index in [1.54, 1.807) is 0 Å². The zero-order valence-corrected chi connectivity index (χ0v) is 11.1. The molecule has 0 saturated heterocycles. The van der Waals surface area contributed by atoms with E-state index in [4.69, 9.17) is 4.74 Å². The van der Waals surface area contributed by atoms with Gasteiger partial charge in [-0.1, -0.05) is 23.8 Å². The topological polar surface area (TPSA) is 52.6 Å². The minimum absolute atomic E-state index is 0.00687. The third-order valence-electron chi connectivity index (χ3n) is 2.88. The zero-order chi connectivity index (χ0) is 13.7. The fourth-order valence-corrected chi connectivity index (χ4v) is 1.93. The van der Waals surface area contributed by atoms with Crippen LogP contribution in [0.4, 0.5) is 0 Å². The Balaban J connectivity index is 3.09. The van der Waals surface area contributed by atoms with Crippen LogP contribution in [0.15, 0.2) is 18.2 Å². The molecule has 1 rings (SSSR count). The summed E-state index contributed by atoms with van der Waals surface area (Å²) < 4.78 is 9.36. The molecule has 0 fully saturated rings. The number of aryl methyl sites for hydroxylation is 2. The normalized spacial score (nSPS) is 11.8. The lowest BCUT2D eigenvalue weighted by atomic mass is 9.91. The first-order valence-electron chi connectivity index (χ1n) is 5.71. The van der Waals surface area contributed by atoms with Gasteiger partial charge >= 0.3 is 11.9 Å². The number of ether oxygens (including phenoxy) is 2. The van der Waals surface area contributed by atoms with Crippen molar-refractivity contribution in [2.45, 2.75) is 26.2 Å². The van der Waals surface area contributed by atoms with E-state index < -0.39 is 17.9 Å². The predicted molar refractivity (Wildman–Crippen MR) is 67.3 cm³/mol. The highest BCUT2D eigenvalue weighted by Gasteiger charge is 2.26. The van der Waals surface area contributed by atoms with E-state index in [0.29, 0.717) is 0 Å². The number of carbonyl (C=O) groups excluding carboxylic acids is 2. The maximum atomic E-state index is 11.8. The van der Waals surface area contributed by atoms with Gasteiger partial charge in [-0.15, -0.1) is 0 Å². The molecule has 0 heterocycles. The second-order valence-corrected chi connectivity index (χ2v) is 4.22. The molecule has 0 N–H and O–H groups in total. The molecule has 4 nitrogen and oxygen atoms in total. The largest absolute Gasteiger partial charge is 0.469 e. The smallest absolute Gasteiger partial charge is 0.313 e. The third kappa shape index (κ3) is 3.32. The molecule has 4 heteroatoms. The second kappa shape index (κ2) is 6.19. The summed E-state index contributed by atoms with van der Waals surface area (Å²) in [5.74, 6) is -1.46. The summed E-state index contributed by atoms with van der Waals surface area (Å²) in [6, 6.07) is 5.74. The molecule has 0 aromatic heterocycles. The Morgan fingerprint density at radius 1 is 1.17 bits per heavy atom. The summed E-state index contributed by atoms with van der Waals surface area (Å²) in [5.41, 5.74) is 2.88. The Labute approximate surface area is 107 Å². The summed E-state index contributed by atoms with van der Waals surface area (Å²) in [6.45, 7) is 3.89. The van der Waals surface area contributed by atoms with Crippen molar-refractivity contribution in [3.8, 4) is 0 Å². The van der Waals surface area contributed by atoms with Crippen LogP contribution in [0.2, 0.25) is 0 Å². The molecular weight excluding hydrogens is 232 g/mol. The van der Waals surface area contributed by atoms with Crippen molar-refractivity contribution in [2.24, 2.45) is 0 Å². The van der Waals surface area contributed by atoms with Crippen LogP contribution in [-0.2, 0) is 19.1 Å². The van der Waals surface area contributed by atoms with Crippen molar-refractivity contribution in [3.05, 3.63) is 34.9 Å². The van der Waals surface area contributed by atoms with E-state index in [2.05, 4.69) is 4.74 Å². The molecule has 1 aromatic rings. The van der Waals surface area contributed by atoms with Crippen molar-refractivity contribution in [1.82, 2.24) is 0 Å². The number of rotatable bonds is 4. The van der Waals surface area contributed by atoms with Gasteiger partial charge in [0, 0.05) is 0 Å². The van der Waals surface area contributed by atoms with Gasteiger partial charge in [0.2, 0.25) is 0 Å². The minimum atomic E-state index is -0.608. The van der Waals surface area contributed by atoms with Crippen LogP contribution in [0.25, 0.3) is 0 Å². The van der Waals surface area contributed by atoms with E-state index in [9.17, 15) is 9.59 Å². The standard InChI is InChI=1S/C14H18O4/c1-9-5-6-11(10(2)7-9)12(14(16)18-4)8-13(15)17-3/h5-7,12H,8H2,1-4H3. The van der Waals surface area contributed by atoms with Gasteiger partial charge in [0.15, 0.2) is 0 Å². The van der Waals surface area contributed by atoms with Crippen molar-refractivity contribution >= 4 is 11.9 Å². The lowest BCUT2D eigenvalue weighted by Crippen LogP contribution is -2.19. The lowest BCUT2D eigenvalue weighted by Gasteiger charge is -2.16. The van der Waals surface area contributed by atoms with Gasteiger partial charge in [0.1, 0.15) is 0 Å². The van der Waals surface area contributed by atoms with Gasteiger partial charge in [-0.3, -0.25) is 9.59 Å². The van der Waals surface area contributed by atoms with Gasteiger partial charge in [-0.2, -0.15) is 0 Å². The number of methoxy groups -OCH3 is 2. The van der Waals surface area contributed by atoms with Crippen molar-refractivity contribution in [2.75, 3.05) is 14.2 Å². The van der Waals surface area contributed by atoms with Crippen LogP contribution in [0.3, 0.4) is 0 Å². The van der Waals surface area contributed by atoms with Gasteiger partial charge in [0.25, 0.3) is 0 Å². The molecule has 98 valence electrons. The first-order valence-corrected chi connectivity index (χ1v) is 5.71. The molecule has 0 spiro atoms. The molecule has 0 radical (unpaired) electrons. The molecule has 1 unspecified atom stereocenters. The zero-order valence-electron chi connectivity index (χ0n) is 11.1. The van der Waals surface area contributed by atoms with E-state index in [-0.39, 0.29) is 6.42 Å². The number of esters is 2. The van der Waals surface area contributed by atoms with Crippen molar-refractivity contribution in [1.29, 1.82) is 0 Å². The van der Waals surface area contributed by atoms with Crippen LogP contribution in [0.5, 0.6) is 0 Å². The minimum Gasteiger partial charge on any atom is -0.469 e. The van der Waals surface area contributed by atoms with E-state index in [0.717, 1.165) is 16.7 Å². The summed E-state index contributed by atoms with van der Waals surface area (Å²) in [4.78, 5) is 23.1. The third-order valence-corrected chi connectivity index (χ3v) is 2.88.